The minimum absolute atomic E-state index is 0.00661. The van der Waals surface area contributed by atoms with Crippen LogP contribution >= 0.6 is 11.6 Å². The Kier molecular flexibility index (Phi) is 6.04. The van der Waals surface area contributed by atoms with Crippen molar-refractivity contribution in [2.24, 2.45) is 0 Å². The number of ether oxygens (including phenoxy) is 1. The van der Waals surface area contributed by atoms with Gasteiger partial charge >= 0.3 is 0 Å². The van der Waals surface area contributed by atoms with E-state index in [1.807, 2.05) is 38.1 Å². The molecule has 0 aliphatic heterocycles. The van der Waals surface area contributed by atoms with E-state index in [-0.39, 0.29) is 12.5 Å². The number of anilines is 1. The van der Waals surface area contributed by atoms with E-state index in [1.54, 1.807) is 20.2 Å². The number of rotatable bonds is 6. The topological polar surface area (TPSA) is 54.5 Å². The van der Waals surface area contributed by atoms with E-state index in [2.05, 4.69) is 10.3 Å². The molecule has 0 aliphatic carbocycles. The first-order chi connectivity index (χ1) is 11.4. The van der Waals surface area contributed by atoms with Crippen LogP contribution in [0.25, 0.3) is 0 Å². The summed E-state index contributed by atoms with van der Waals surface area (Å²) in [6.45, 7) is 4.51. The lowest BCUT2D eigenvalue weighted by Crippen LogP contribution is -2.27. The Morgan fingerprint density at radius 3 is 2.67 bits per heavy atom. The highest BCUT2D eigenvalue weighted by Crippen LogP contribution is 2.26. The third-order valence-corrected chi connectivity index (χ3v) is 3.83. The molecule has 1 aromatic heterocycles. The van der Waals surface area contributed by atoms with E-state index < -0.39 is 0 Å². The molecular formula is C18H22ClN3O2. The Hall–Kier alpha value is -2.27. The number of nitrogens with one attached hydrogen (secondary N) is 1. The highest BCUT2D eigenvalue weighted by Gasteiger charge is 2.09. The van der Waals surface area contributed by atoms with Crippen molar-refractivity contribution in [2.45, 2.75) is 20.4 Å². The lowest BCUT2D eigenvalue weighted by Gasteiger charge is -2.16. The van der Waals surface area contributed by atoms with E-state index in [4.69, 9.17) is 16.3 Å². The number of aromatic nitrogens is 1. The van der Waals surface area contributed by atoms with Gasteiger partial charge in [-0.05, 0) is 43.2 Å². The quantitative estimate of drug-likeness (QED) is 0.813. The zero-order valence-corrected chi connectivity index (χ0v) is 15.1. The molecule has 2 aromatic rings. The standard InChI is InChI=1S/C18H22ClN3O2/c1-12-5-7-15(16(9-12)24-11-18(23)22(3)4)20-10-14-6-8-17(19)21-13(14)2/h5-9,20H,10-11H2,1-4H3. The second kappa shape index (κ2) is 8.02. The van der Waals surface area contributed by atoms with E-state index >= 15 is 0 Å². The highest BCUT2D eigenvalue weighted by molar-refractivity contribution is 6.29. The van der Waals surface area contributed by atoms with Gasteiger partial charge in [0.2, 0.25) is 0 Å². The maximum absolute atomic E-state index is 11.7. The second-order valence-electron chi connectivity index (χ2n) is 5.81. The van der Waals surface area contributed by atoms with Gasteiger partial charge in [0.1, 0.15) is 10.9 Å². The van der Waals surface area contributed by atoms with E-state index in [0.717, 1.165) is 22.5 Å². The van der Waals surface area contributed by atoms with Crippen LogP contribution in [0.1, 0.15) is 16.8 Å². The third-order valence-electron chi connectivity index (χ3n) is 3.62. The van der Waals surface area contributed by atoms with Crippen molar-refractivity contribution in [1.82, 2.24) is 9.88 Å². The van der Waals surface area contributed by atoms with Gasteiger partial charge in [-0.15, -0.1) is 0 Å². The van der Waals surface area contributed by atoms with Gasteiger partial charge in [0.05, 0.1) is 5.69 Å². The molecule has 0 saturated carbocycles. The number of aryl methyl sites for hydroxylation is 2. The summed E-state index contributed by atoms with van der Waals surface area (Å²) in [5.41, 5.74) is 3.83. The van der Waals surface area contributed by atoms with Crippen molar-refractivity contribution >= 4 is 23.2 Å². The first-order valence-corrected chi connectivity index (χ1v) is 8.04. The molecule has 0 atom stereocenters. The molecule has 1 heterocycles. The fourth-order valence-electron chi connectivity index (χ4n) is 2.10. The minimum atomic E-state index is -0.0831. The average molecular weight is 348 g/mol. The molecule has 1 aromatic carbocycles. The number of benzene rings is 1. The smallest absolute Gasteiger partial charge is 0.259 e. The number of nitrogens with zero attached hydrogens (tertiary/aromatic N) is 2. The van der Waals surface area contributed by atoms with Crippen molar-refractivity contribution in [3.8, 4) is 5.75 Å². The van der Waals surface area contributed by atoms with Gasteiger partial charge < -0.3 is 15.0 Å². The summed E-state index contributed by atoms with van der Waals surface area (Å²) in [5, 5.41) is 3.82. The SMILES string of the molecule is Cc1ccc(NCc2ccc(Cl)nc2C)c(OCC(=O)N(C)C)c1. The molecule has 6 heteroatoms. The van der Waals surface area contributed by atoms with Crippen molar-refractivity contribution in [3.05, 3.63) is 52.3 Å². The van der Waals surface area contributed by atoms with Crippen LogP contribution in [0.15, 0.2) is 30.3 Å². The molecule has 0 fully saturated rings. The molecule has 0 radical (unpaired) electrons. The molecule has 24 heavy (non-hydrogen) atoms. The van der Waals surface area contributed by atoms with Gasteiger partial charge in [-0.1, -0.05) is 23.7 Å². The molecule has 5 nitrogen and oxygen atoms in total. The Balaban J connectivity index is 2.10. The summed E-state index contributed by atoms with van der Waals surface area (Å²) in [4.78, 5) is 17.5. The number of halogens is 1. The van der Waals surface area contributed by atoms with Gasteiger partial charge in [-0.3, -0.25) is 4.79 Å². The zero-order chi connectivity index (χ0) is 17.7. The molecule has 0 unspecified atom stereocenters. The number of amides is 1. The molecule has 128 valence electrons. The number of likely N-dealkylation sites (N-methyl/N-ethyl adjacent to an activating group) is 1. The summed E-state index contributed by atoms with van der Waals surface area (Å²) < 4.78 is 5.69. The summed E-state index contributed by atoms with van der Waals surface area (Å²) in [6, 6.07) is 9.58. The van der Waals surface area contributed by atoms with Gasteiger partial charge in [0.15, 0.2) is 6.61 Å². The lowest BCUT2D eigenvalue weighted by molar-refractivity contribution is -0.130. The van der Waals surface area contributed by atoms with Crippen LogP contribution in [0.2, 0.25) is 5.15 Å². The highest BCUT2D eigenvalue weighted by atomic mass is 35.5. The van der Waals surface area contributed by atoms with Crippen molar-refractivity contribution in [1.29, 1.82) is 0 Å². The first kappa shape index (κ1) is 18.1. The largest absolute Gasteiger partial charge is 0.482 e. The number of hydrogen-bond acceptors (Lipinski definition) is 4. The molecule has 1 amide bonds. The van der Waals surface area contributed by atoms with E-state index in [0.29, 0.717) is 17.4 Å². The summed E-state index contributed by atoms with van der Waals surface area (Å²) in [5.74, 6) is 0.574. The Morgan fingerprint density at radius 1 is 1.25 bits per heavy atom. The van der Waals surface area contributed by atoms with Gasteiger partial charge in [0, 0.05) is 26.3 Å². The fraction of sp³-hybridized carbons (Fsp3) is 0.333. The molecule has 0 spiro atoms. The number of pyridine rings is 1. The van der Waals surface area contributed by atoms with Crippen molar-refractivity contribution in [3.63, 3.8) is 0 Å². The molecular weight excluding hydrogens is 326 g/mol. The normalized spacial score (nSPS) is 10.4. The van der Waals surface area contributed by atoms with Crippen LogP contribution in [0, 0.1) is 13.8 Å². The van der Waals surface area contributed by atoms with Crippen LogP contribution in [0.4, 0.5) is 5.69 Å². The molecule has 0 bridgehead atoms. The maximum Gasteiger partial charge on any atom is 0.259 e. The summed E-state index contributed by atoms with van der Waals surface area (Å²) in [6.07, 6.45) is 0. The molecule has 0 aliphatic rings. The first-order valence-electron chi connectivity index (χ1n) is 7.66. The van der Waals surface area contributed by atoms with Crippen LogP contribution in [-0.4, -0.2) is 36.5 Å². The van der Waals surface area contributed by atoms with E-state index in [1.165, 1.54) is 4.90 Å². The van der Waals surface area contributed by atoms with Crippen LogP contribution in [-0.2, 0) is 11.3 Å². The van der Waals surface area contributed by atoms with Gasteiger partial charge in [-0.25, -0.2) is 4.98 Å². The summed E-state index contributed by atoms with van der Waals surface area (Å²) in [7, 11) is 3.41. The number of carbonyl (C=O) groups excluding carboxylic acids is 1. The van der Waals surface area contributed by atoms with Crippen molar-refractivity contribution < 1.29 is 9.53 Å². The van der Waals surface area contributed by atoms with Crippen LogP contribution < -0.4 is 10.1 Å². The number of carbonyl (C=O) groups is 1. The summed E-state index contributed by atoms with van der Waals surface area (Å²) >= 11 is 5.89. The van der Waals surface area contributed by atoms with Crippen molar-refractivity contribution in [2.75, 3.05) is 26.0 Å². The number of hydrogen-bond donors (Lipinski definition) is 1. The Bertz CT molecular complexity index is 732. The fourth-order valence-corrected chi connectivity index (χ4v) is 2.29. The third kappa shape index (κ3) is 4.86. The predicted molar refractivity (Wildman–Crippen MR) is 96.7 cm³/mol. The molecule has 1 N–H and O–H groups in total. The monoisotopic (exact) mass is 347 g/mol. The second-order valence-corrected chi connectivity index (χ2v) is 6.20. The Morgan fingerprint density at radius 2 is 2.00 bits per heavy atom. The predicted octanol–water partition coefficient (Wildman–Crippen LogP) is 3.43. The zero-order valence-electron chi connectivity index (χ0n) is 14.4. The lowest BCUT2D eigenvalue weighted by atomic mass is 10.1. The minimum Gasteiger partial charge on any atom is -0.482 e. The molecule has 2 rings (SSSR count). The van der Waals surface area contributed by atoms with E-state index in [9.17, 15) is 4.79 Å². The van der Waals surface area contributed by atoms with Gasteiger partial charge in [0.25, 0.3) is 5.91 Å². The molecule has 0 saturated heterocycles. The van der Waals surface area contributed by atoms with Gasteiger partial charge in [-0.2, -0.15) is 0 Å². The Labute approximate surface area is 147 Å². The average Bonchev–Trinajstić information content (AvgIpc) is 2.52. The van der Waals surface area contributed by atoms with Crippen LogP contribution in [0.5, 0.6) is 5.75 Å². The van der Waals surface area contributed by atoms with Crippen LogP contribution in [0.3, 0.4) is 0 Å². The maximum atomic E-state index is 11.7.